The zero-order valence-electron chi connectivity index (χ0n) is 10.5. The number of hydrogen-bond acceptors (Lipinski definition) is 4. The number of aryl methyl sites for hydroxylation is 2. The molecule has 0 amide bonds. The van der Waals surface area contributed by atoms with Crippen LogP contribution in [0, 0.1) is 13.8 Å². The standard InChI is InChI=1S/C13H13N3OS/c1-8-4-5-9(2)16(8)13-15-12-10(18-13)6-7-11(14-12)17-3/h4-7H,1-3H3. The Morgan fingerprint density at radius 1 is 1.06 bits per heavy atom. The fraction of sp³-hybridized carbons (Fsp3) is 0.231. The number of fused-ring (bicyclic) bond motifs is 1. The lowest BCUT2D eigenvalue weighted by Crippen LogP contribution is -1.97. The van der Waals surface area contributed by atoms with E-state index in [1.165, 1.54) is 11.4 Å². The summed E-state index contributed by atoms with van der Waals surface area (Å²) in [6.45, 7) is 4.15. The molecule has 92 valence electrons. The Morgan fingerprint density at radius 2 is 1.78 bits per heavy atom. The highest BCUT2D eigenvalue weighted by Gasteiger charge is 2.11. The highest BCUT2D eigenvalue weighted by atomic mass is 32.1. The number of hydrogen-bond donors (Lipinski definition) is 0. The maximum atomic E-state index is 5.12. The van der Waals surface area contributed by atoms with E-state index in [2.05, 4.69) is 40.5 Å². The summed E-state index contributed by atoms with van der Waals surface area (Å²) in [5.41, 5.74) is 3.10. The Kier molecular flexibility index (Phi) is 2.56. The molecule has 3 aromatic heterocycles. The first-order valence-corrected chi connectivity index (χ1v) is 6.47. The van der Waals surface area contributed by atoms with E-state index in [0.717, 1.165) is 15.5 Å². The normalized spacial score (nSPS) is 11.1. The van der Waals surface area contributed by atoms with Crippen molar-refractivity contribution in [1.82, 2.24) is 14.5 Å². The van der Waals surface area contributed by atoms with Crippen LogP contribution in [-0.4, -0.2) is 21.6 Å². The molecule has 3 heterocycles. The Balaban J connectivity index is 2.19. The van der Waals surface area contributed by atoms with Gasteiger partial charge in [0.1, 0.15) is 0 Å². The Morgan fingerprint density at radius 3 is 2.44 bits per heavy atom. The zero-order chi connectivity index (χ0) is 12.7. The average Bonchev–Trinajstić information content (AvgIpc) is 2.91. The molecule has 0 atom stereocenters. The van der Waals surface area contributed by atoms with Gasteiger partial charge in [-0.15, -0.1) is 0 Å². The summed E-state index contributed by atoms with van der Waals surface area (Å²) in [4.78, 5) is 8.92. The quantitative estimate of drug-likeness (QED) is 0.710. The summed E-state index contributed by atoms with van der Waals surface area (Å²) in [5.74, 6) is 0.597. The van der Waals surface area contributed by atoms with E-state index in [9.17, 15) is 0 Å². The summed E-state index contributed by atoms with van der Waals surface area (Å²) >= 11 is 1.64. The number of thiazole rings is 1. The van der Waals surface area contributed by atoms with Gasteiger partial charge in [0.05, 0.1) is 11.8 Å². The fourth-order valence-corrected chi connectivity index (χ4v) is 3.00. The minimum absolute atomic E-state index is 0.597. The molecule has 0 radical (unpaired) electrons. The van der Waals surface area contributed by atoms with Crippen LogP contribution >= 0.6 is 11.3 Å². The summed E-state index contributed by atoms with van der Waals surface area (Å²) in [6, 6.07) is 8.04. The van der Waals surface area contributed by atoms with Gasteiger partial charge in [-0.3, -0.25) is 4.57 Å². The van der Waals surface area contributed by atoms with Crippen molar-refractivity contribution in [2.24, 2.45) is 0 Å². The molecule has 0 bridgehead atoms. The number of pyridine rings is 1. The van der Waals surface area contributed by atoms with Crippen LogP contribution in [0.25, 0.3) is 15.5 Å². The smallest absolute Gasteiger partial charge is 0.215 e. The number of rotatable bonds is 2. The van der Waals surface area contributed by atoms with Gasteiger partial charge in [-0.05, 0) is 32.0 Å². The first kappa shape index (κ1) is 11.2. The van der Waals surface area contributed by atoms with Crippen LogP contribution in [0.15, 0.2) is 24.3 Å². The van der Waals surface area contributed by atoms with Crippen molar-refractivity contribution < 1.29 is 4.74 Å². The van der Waals surface area contributed by atoms with Gasteiger partial charge in [-0.1, -0.05) is 11.3 Å². The molecular formula is C13H13N3OS. The van der Waals surface area contributed by atoms with E-state index in [1.54, 1.807) is 18.4 Å². The second-order valence-electron chi connectivity index (χ2n) is 4.12. The molecule has 0 aliphatic rings. The third-order valence-corrected chi connectivity index (χ3v) is 3.88. The van der Waals surface area contributed by atoms with Crippen molar-refractivity contribution in [1.29, 1.82) is 0 Å². The van der Waals surface area contributed by atoms with E-state index in [0.29, 0.717) is 5.88 Å². The van der Waals surface area contributed by atoms with Crippen LogP contribution in [-0.2, 0) is 0 Å². The molecule has 0 spiro atoms. The number of ether oxygens (including phenoxy) is 1. The van der Waals surface area contributed by atoms with Crippen molar-refractivity contribution in [3.63, 3.8) is 0 Å². The van der Waals surface area contributed by atoms with Crippen molar-refractivity contribution in [3.05, 3.63) is 35.7 Å². The monoisotopic (exact) mass is 259 g/mol. The first-order chi connectivity index (χ1) is 8.69. The van der Waals surface area contributed by atoms with Gasteiger partial charge in [-0.2, -0.15) is 9.97 Å². The van der Waals surface area contributed by atoms with Gasteiger partial charge in [0.2, 0.25) is 5.88 Å². The molecule has 4 nitrogen and oxygen atoms in total. The molecule has 0 aliphatic heterocycles. The number of nitrogens with zero attached hydrogens (tertiary/aromatic N) is 3. The lowest BCUT2D eigenvalue weighted by atomic mass is 10.5. The maximum Gasteiger partial charge on any atom is 0.215 e. The van der Waals surface area contributed by atoms with E-state index < -0.39 is 0 Å². The van der Waals surface area contributed by atoms with Gasteiger partial charge in [0.25, 0.3) is 0 Å². The number of aromatic nitrogens is 3. The Labute approximate surface area is 109 Å². The topological polar surface area (TPSA) is 39.9 Å². The maximum absolute atomic E-state index is 5.12. The van der Waals surface area contributed by atoms with Crippen LogP contribution in [0.2, 0.25) is 0 Å². The van der Waals surface area contributed by atoms with Crippen molar-refractivity contribution in [2.75, 3.05) is 7.11 Å². The number of methoxy groups -OCH3 is 1. The molecule has 5 heteroatoms. The molecule has 0 aromatic carbocycles. The molecule has 0 saturated carbocycles. The molecule has 3 aromatic rings. The second kappa shape index (κ2) is 4.10. The average molecular weight is 259 g/mol. The Bertz CT molecular complexity index is 695. The predicted molar refractivity (Wildman–Crippen MR) is 72.8 cm³/mol. The SMILES string of the molecule is COc1ccc2sc(-n3c(C)ccc3C)nc2n1. The summed E-state index contributed by atoms with van der Waals surface area (Å²) < 4.78 is 8.32. The lowest BCUT2D eigenvalue weighted by molar-refractivity contribution is 0.399. The molecule has 0 N–H and O–H groups in total. The zero-order valence-corrected chi connectivity index (χ0v) is 11.3. The molecule has 0 fully saturated rings. The third kappa shape index (κ3) is 1.67. The summed E-state index contributed by atoms with van der Waals surface area (Å²) in [7, 11) is 1.61. The minimum atomic E-state index is 0.597. The fourth-order valence-electron chi connectivity index (χ4n) is 1.97. The van der Waals surface area contributed by atoms with E-state index in [1.807, 2.05) is 12.1 Å². The third-order valence-electron chi connectivity index (χ3n) is 2.89. The Hall–Kier alpha value is -1.88. The van der Waals surface area contributed by atoms with Crippen molar-refractivity contribution in [2.45, 2.75) is 13.8 Å². The van der Waals surface area contributed by atoms with Crippen LogP contribution in [0.3, 0.4) is 0 Å². The molecule has 3 rings (SSSR count). The highest BCUT2D eigenvalue weighted by Crippen LogP contribution is 2.27. The lowest BCUT2D eigenvalue weighted by Gasteiger charge is -2.03. The van der Waals surface area contributed by atoms with Crippen LogP contribution in [0.5, 0.6) is 5.88 Å². The largest absolute Gasteiger partial charge is 0.481 e. The van der Waals surface area contributed by atoms with Gasteiger partial charge < -0.3 is 4.74 Å². The minimum Gasteiger partial charge on any atom is -0.481 e. The van der Waals surface area contributed by atoms with E-state index in [4.69, 9.17) is 4.74 Å². The molecule has 18 heavy (non-hydrogen) atoms. The summed E-state index contributed by atoms with van der Waals surface area (Å²) in [5, 5.41) is 0.950. The van der Waals surface area contributed by atoms with Gasteiger partial charge >= 0.3 is 0 Å². The molecule has 0 aliphatic carbocycles. The van der Waals surface area contributed by atoms with E-state index >= 15 is 0 Å². The van der Waals surface area contributed by atoms with E-state index in [-0.39, 0.29) is 0 Å². The highest BCUT2D eigenvalue weighted by molar-refractivity contribution is 7.20. The predicted octanol–water partition coefficient (Wildman–Crippen LogP) is 3.11. The van der Waals surface area contributed by atoms with Crippen LogP contribution in [0.1, 0.15) is 11.4 Å². The molecular weight excluding hydrogens is 246 g/mol. The van der Waals surface area contributed by atoms with Gasteiger partial charge in [0.15, 0.2) is 10.8 Å². The van der Waals surface area contributed by atoms with Gasteiger partial charge in [-0.25, -0.2) is 0 Å². The first-order valence-electron chi connectivity index (χ1n) is 5.66. The molecule has 0 saturated heterocycles. The van der Waals surface area contributed by atoms with Crippen LogP contribution < -0.4 is 4.74 Å². The van der Waals surface area contributed by atoms with Crippen molar-refractivity contribution >= 4 is 21.7 Å². The molecule has 0 unspecified atom stereocenters. The summed E-state index contributed by atoms with van der Waals surface area (Å²) in [6.07, 6.45) is 0. The van der Waals surface area contributed by atoms with Crippen LogP contribution in [0.4, 0.5) is 0 Å². The van der Waals surface area contributed by atoms with Gasteiger partial charge in [0, 0.05) is 17.5 Å². The van der Waals surface area contributed by atoms with Crippen molar-refractivity contribution in [3.8, 4) is 11.0 Å². The second-order valence-corrected chi connectivity index (χ2v) is 5.13.